The second-order valence-corrected chi connectivity index (χ2v) is 17.5. The van der Waals surface area contributed by atoms with Crippen LogP contribution in [0.3, 0.4) is 0 Å². The van der Waals surface area contributed by atoms with Gasteiger partial charge in [0.05, 0.1) is 0 Å². The molecule has 65 heavy (non-hydrogen) atoms. The minimum atomic E-state index is -0.676. The first kappa shape index (κ1) is 43.0. The fraction of sp³-hybridized carbons (Fsp3) is 0.200. The third-order valence-corrected chi connectivity index (χ3v) is 13.8. The van der Waals surface area contributed by atoms with Gasteiger partial charge in [0.25, 0.3) is 0 Å². The van der Waals surface area contributed by atoms with Crippen LogP contribution in [-0.2, 0) is 25.7 Å². The summed E-state index contributed by atoms with van der Waals surface area (Å²) < 4.78 is 0. The molecule has 0 fully saturated rings. The second kappa shape index (κ2) is 18.1. The van der Waals surface area contributed by atoms with Crippen LogP contribution in [0.5, 0.6) is 28.7 Å². The van der Waals surface area contributed by atoms with Gasteiger partial charge in [-0.1, -0.05) is 161 Å². The molecule has 0 heterocycles. The van der Waals surface area contributed by atoms with Gasteiger partial charge in [0.15, 0.2) is 0 Å². The van der Waals surface area contributed by atoms with Gasteiger partial charge >= 0.3 is 0 Å². The van der Waals surface area contributed by atoms with Crippen LogP contribution in [0.1, 0.15) is 140 Å². The quantitative estimate of drug-likeness (QED) is 0.105. The highest BCUT2D eigenvalue weighted by Crippen LogP contribution is 2.50. The Bertz CT molecular complexity index is 2960. The summed E-state index contributed by atoms with van der Waals surface area (Å²) in [6.45, 7) is 8.49. The van der Waals surface area contributed by atoms with Crippen molar-refractivity contribution in [1.82, 2.24) is 0 Å². The normalized spacial score (nSPS) is 16.9. The van der Waals surface area contributed by atoms with E-state index in [1.807, 2.05) is 30.3 Å². The van der Waals surface area contributed by atoms with E-state index in [9.17, 15) is 25.5 Å². The van der Waals surface area contributed by atoms with E-state index in [2.05, 4.69) is 143 Å². The lowest BCUT2D eigenvalue weighted by Crippen LogP contribution is -2.12. The minimum Gasteiger partial charge on any atom is -0.508 e. The Morgan fingerprint density at radius 1 is 0.262 bits per heavy atom. The van der Waals surface area contributed by atoms with E-state index in [0.29, 0.717) is 27.8 Å². The molecule has 0 spiro atoms. The topological polar surface area (TPSA) is 101 Å². The summed E-state index contributed by atoms with van der Waals surface area (Å²) in [4.78, 5) is 0. The van der Waals surface area contributed by atoms with Crippen molar-refractivity contribution in [2.24, 2.45) is 0 Å². The molecule has 1 aliphatic rings. The highest BCUT2D eigenvalue weighted by Gasteiger charge is 2.32. The molecule has 8 aromatic carbocycles. The average molecular weight is 857 g/mol. The molecule has 4 unspecified atom stereocenters. The lowest BCUT2D eigenvalue weighted by molar-refractivity contribution is 0.439. The van der Waals surface area contributed by atoms with Gasteiger partial charge in [0.2, 0.25) is 0 Å². The number of hydrogen-bond donors (Lipinski definition) is 5. The summed E-state index contributed by atoms with van der Waals surface area (Å²) >= 11 is 0. The molecule has 0 amide bonds. The summed E-state index contributed by atoms with van der Waals surface area (Å²) in [5, 5.41) is 60.4. The Kier molecular flexibility index (Phi) is 12.0. The van der Waals surface area contributed by atoms with Crippen LogP contribution < -0.4 is 0 Å². The van der Waals surface area contributed by atoms with Gasteiger partial charge in [-0.25, -0.2) is 0 Å². The number of phenolic OH excluding ortho intramolecular Hbond substituents is 5. The van der Waals surface area contributed by atoms with Crippen molar-refractivity contribution in [3.05, 3.63) is 253 Å². The third-order valence-electron chi connectivity index (χ3n) is 13.8. The number of aryl methyl sites for hydroxylation is 4. The van der Waals surface area contributed by atoms with Gasteiger partial charge in [0, 0.05) is 63.6 Å². The fourth-order valence-corrected chi connectivity index (χ4v) is 10.0. The molecule has 4 atom stereocenters. The predicted octanol–water partition coefficient (Wildman–Crippen LogP) is 13.5. The minimum absolute atomic E-state index is 0.0306. The predicted molar refractivity (Wildman–Crippen MR) is 261 cm³/mol. The standard InChI is InChI=1S/C60H56O5/c1-5-36-12-20-40(21-13-36)57-44-10-9-11-45(30-44)58(41-22-14-37(6-2)15-23-41)50-33-51(56(65)35-55(50)64)60(43-26-18-39(8-4)19-27-43)47-31-46(28-29-52(47)61)59(42-24-16-38(7-3)17-25-42)49-32-48(57)53(62)34-54(49)63/h9-35,57-65H,5-8H2,1-4H3. The van der Waals surface area contributed by atoms with Crippen molar-refractivity contribution in [3.8, 4) is 28.7 Å². The highest BCUT2D eigenvalue weighted by atomic mass is 16.3. The van der Waals surface area contributed by atoms with Crippen LogP contribution in [0, 0.1) is 0 Å². The molecule has 9 rings (SSSR count). The molecule has 8 bridgehead atoms. The van der Waals surface area contributed by atoms with Crippen LogP contribution >= 0.6 is 0 Å². The Balaban J connectivity index is 1.42. The number of phenols is 5. The number of fused-ring (bicyclic) bond motifs is 8. The zero-order chi connectivity index (χ0) is 45.4. The van der Waals surface area contributed by atoms with Gasteiger partial charge in [-0.3, -0.25) is 0 Å². The number of hydrogen-bond acceptors (Lipinski definition) is 5. The molecule has 326 valence electrons. The van der Waals surface area contributed by atoms with E-state index in [-0.39, 0.29) is 28.7 Å². The number of benzene rings is 8. The van der Waals surface area contributed by atoms with Crippen LogP contribution in [0.2, 0.25) is 0 Å². The molecular formula is C60H56O5. The molecule has 5 nitrogen and oxygen atoms in total. The monoisotopic (exact) mass is 856 g/mol. The largest absolute Gasteiger partial charge is 0.508 e. The SMILES string of the molecule is CCc1ccc(C2c3cccc(c3)C(c3ccc(CC)cc3)c3cc(c(O)cc3O)C(c3ccc(CC)cc3)c3cc(ccc3O)C(c3ccc(CC)cc3)c3cc2c(O)cc3O)cc1. The third kappa shape index (κ3) is 8.24. The van der Waals surface area contributed by atoms with Gasteiger partial charge in [-0.15, -0.1) is 0 Å². The zero-order valence-electron chi connectivity index (χ0n) is 37.5. The molecule has 5 heteroatoms. The molecule has 0 saturated heterocycles. The van der Waals surface area contributed by atoms with E-state index in [1.165, 1.54) is 28.8 Å². The number of aromatic hydroxyl groups is 5. The maximum atomic E-state index is 12.1. The van der Waals surface area contributed by atoms with E-state index in [4.69, 9.17) is 0 Å². The summed E-state index contributed by atoms with van der Waals surface area (Å²) in [7, 11) is 0. The molecule has 0 saturated carbocycles. The van der Waals surface area contributed by atoms with E-state index in [0.717, 1.165) is 70.2 Å². The van der Waals surface area contributed by atoms with Crippen LogP contribution in [0.4, 0.5) is 0 Å². The van der Waals surface area contributed by atoms with Gasteiger partial charge < -0.3 is 25.5 Å². The van der Waals surface area contributed by atoms with Crippen molar-refractivity contribution < 1.29 is 25.5 Å². The Morgan fingerprint density at radius 2 is 0.538 bits per heavy atom. The molecule has 0 aromatic heterocycles. The van der Waals surface area contributed by atoms with Crippen molar-refractivity contribution in [3.63, 3.8) is 0 Å². The molecule has 0 aliphatic heterocycles. The first-order valence-corrected chi connectivity index (χ1v) is 23.0. The van der Waals surface area contributed by atoms with Crippen molar-refractivity contribution in [1.29, 1.82) is 0 Å². The average Bonchev–Trinajstić information content (AvgIpc) is 3.33. The van der Waals surface area contributed by atoms with Crippen LogP contribution in [-0.4, -0.2) is 25.5 Å². The maximum Gasteiger partial charge on any atom is 0.123 e. The van der Waals surface area contributed by atoms with Gasteiger partial charge in [-0.05, 0) is 105 Å². The molecule has 8 aromatic rings. The maximum absolute atomic E-state index is 12.1. The van der Waals surface area contributed by atoms with E-state index >= 15 is 0 Å². The molecule has 0 radical (unpaired) electrons. The zero-order valence-corrected chi connectivity index (χ0v) is 37.5. The Hall–Kier alpha value is -7.24. The molecule has 1 aliphatic carbocycles. The summed E-state index contributed by atoms with van der Waals surface area (Å²) in [6, 6.07) is 54.4. The Labute approximate surface area is 382 Å². The van der Waals surface area contributed by atoms with Crippen LogP contribution in [0.15, 0.2) is 164 Å². The van der Waals surface area contributed by atoms with Crippen molar-refractivity contribution >= 4 is 0 Å². The smallest absolute Gasteiger partial charge is 0.123 e. The molecular weight excluding hydrogens is 801 g/mol. The van der Waals surface area contributed by atoms with Gasteiger partial charge in [-0.2, -0.15) is 0 Å². The Morgan fingerprint density at radius 3 is 0.877 bits per heavy atom. The fourth-order valence-electron chi connectivity index (χ4n) is 10.0. The first-order chi connectivity index (χ1) is 31.6. The lowest BCUT2D eigenvalue weighted by atomic mass is 9.75. The molecule has 5 N–H and O–H groups in total. The van der Waals surface area contributed by atoms with E-state index in [1.54, 1.807) is 6.07 Å². The van der Waals surface area contributed by atoms with Crippen molar-refractivity contribution in [2.75, 3.05) is 0 Å². The second-order valence-electron chi connectivity index (χ2n) is 17.5. The van der Waals surface area contributed by atoms with E-state index < -0.39 is 23.7 Å². The highest BCUT2D eigenvalue weighted by molar-refractivity contribution is 5.64. The van der Waals surface area contributed by atoms with Crippen molar-refractivity contribution in [2.45, 2.75) is 77.0 Å². The first-order valence-electron chi connectivity index (χ1n) is 23.0. The van der Waals surface area contributed by atoms with Gasteiger partial charge in [0.1, 0.15) is 28.7 Å². The van der Waals surface area contributed by atoms with Crippen LogP contribution in [0.25, 0.3) is 0 Å². The number of rotatable bonds is 8. The lowest BCUT2D eigenvalue weighted by Gasteiger charge is -2.29. The summed E-state index contributed by atoms with van der Waals surface area (Å²) in [5.74, 6) is -2.36. The summed E-state index contributed by atoms with van der Waals surface area (Å²) in [6.07, 6.45) is 3.46. The summed E-state index contributed by atoms with van der Waals surface area (Å²) in [5.41, 5.74) is 14.0.